The van der Waals surface area contributed by atoms with Crippen molar-refractivity contribution < 1.29 is 4.79 Å². The lowest BCUT2D eigenvalue weighted by Crippen LogP contribution is -2.36. The zero-order valence-corrected chi connectivity index (χ0v) is 9.66. The summed E-state index contributed by atoms with van der Waals surface area (Å²) in [6.45, 7) is 3.85. The van der Waals surface area contributed by atoms with E-state index in [1.54, 1.807) is 12.3 Å². The fourth-order valence-corrected chi connectivity index (χ4v) is 1.41. The Kier molecular flexibility index (Phi) is 4.24. The molecule has 0 aliphatic rings. The number of nitrogens with zero attached hydrogens (tertiary/aromatic N) is 1. The second-order valence-electron chi connectivity index (χ2n) is 3.88. The number of hydrogen-bond acceptors (Lipinski definition) is 3. The summed E-state index contributed by atoms with van der Waals surface area (Å²) in [7, 11) is 0. The van der Waals surface area contributed by atoms with Gasteiger partial charge in [0, 0.05) is 18.8 Å². The fourth-order valence-electron chi connectivity index (χ4n) is 1.22. The maximum absolute atomic E-state index is 11.7. The van der Waals surface area contributed by atoms with E-state index in [2.05, 4.69) is 4.98 Å². The zero-order valence-electron chi connectivity index (χ0n) is 8.90. The van der Waals surface area contributed by atoms with Crippen LogP contribution < -0.4 is 5.73 Å². The van der Waals surface area contributed by atoms with Crippen LogP contribution in [0.2, 0.25) is 5.02 Å². The average Bonchev–Trinajstić information content (AvgIpc) is 2.20. The van der Waals surface area contributed by atoms with Gasteiger partial charge in [0.25, 0.3) is 0 Å². The van der Waals surface area contributed by atoms with Crippen LogP contribution in [-0.4, -0.2) is 16.8 Å². The molecule has 1 rings (SSSR count). The maximum atomic E-state index is 11.7. The molecule has 0 amide bonds. The molecule has 0 radical (unpaired) electrons. The molecule has 1 heterocycles. The molecule has 0 saturated heterocycles. The third kappa shape index (κ3) is 3.29. The summed E-state index contributed by atoms with van der Waals surface area (Å²) in [6.07, 6.45) is 3.43. The molecule has 0 bridgehead atoms. The molecule has 1 atom stereocenters. The minimum atomic E-state index is -0.422. The highest BCUT2D eigenvalue weighted by molar-refractivity contribution is 6.31. The van der Waals surface area contributed by atoms with E-state index in [1.165, 1.54) is 6.20 Å². The molecule has 0 fully saturated rings. The van der Waals surface area contributed by atoms with Crippen molar-refractivity contribution in [1.82, 2.24) is 4.98 Å². The highest BCUT2D eigenvalue weighted by Gasteiger charge is 2.18. The van der Waals surface area contributed by atoms with E-state index < -0.39 is 6.04 Å². The van der Waals surface area contributed by atoms with E-state index in [0.29, 0.717) is 5.02 Å². The molecule has 0 spiro atoms. The molecular weight excluding hydrogens is 212 g/mol. The quantitative estimate of drug-likeness (QED) is 0.852. The lowest BCUT2D eigenvalue weighted by molar-refractivity contribution is -0.120. The van der Waals surface area contributed by atoms with Gasteiger partial charge in [0.2, 0.25) is 0 Å². The summed E-state index contributed by atoms with van der Waals surface area (Å²) in [5.74, 6) is 0.163. The molecule has 0 aromatic carbocycles. The second-order valence-corrected chi connectivity index (χ2v) is 4.29. The Morgan fingerprint density at radius 1 is 1.60 bits per heavy atom. The summed E-state index contributed by atoms with van der Waals surface area (Å²) in [5.41, 5.74) is 6.53. The first kappa shape index (κ1) is 12.1. The molecule has 0 saturated carbocycles. The minimum Gasteiger partial charge on any atom is -0.321 e. The predicted molar refractivity (Wildman–Crippen MR) is 60.8 cm³/mol. The summed E-state index contributed by atoms with van der Waals surface area (Å²) in [4.78, 5) is 15.6. The Labute approximate surface area is 94.6 Å². The van der Waals surface area contributed by atoms with E-state index in [9.17, 15) is 4.79 Å². The van der Waals surface area contributed by atoms with Gasteiger partial charge >= 0.3 is 0 Å². The minimum absolute atomic E-state index is 0.0121. The van der Waals surface area contributed by atoms with Gasteiger partial charge in [-0.25, -0.2) is 0 Å². The van der Waals surface area contributed by atoms with Gasteiger partial charge in [0.15, 0.2) is 5.78 Å². The monoisotopic (exact) mass is 226 g/mol. The van der Waals surface area contributed by atoms with Crippen LogP contribution in [0.1, 0.15) is 19.4 Å². The molecule has 2 N–H and O–H groups in total. The Hall–Kier alpha value is -0.930. The lowest BCUT2D eigenvalue weighted by atomic mass is 9.97. The second kappa shape index (κ2) is 5.24. The Morgan fingerprint density at radius 3 is 2.80 bits per heavy atom. The molecule has 82 valence electrons. The highest BCUT2D eigenvalue weighted by Crippen LogP contribution is 2.15. The van der Waals surface area contributed by atoms with Gasteiger partial charge in [0.05, 0.1) is 11.1 Å². The van der Waals surface area contributed by atoms with Gasteiger partial charge < -0.3 is 5.73 Å². The summed E-state index contributed by atoms with van der Waals surface area (Å²) >= 11 is 5.90. The van der Waals surface area contributed by atoms with Crippen LogP contribution in [0.25, 0.3) is 0 Å². The normalized spacial score (nSPS) is 12.9. The van der Waals surface area contributed by atoms with Gasteiger partial charge in [-0.3, -0.25) is 9.78 Å². The molecule has 1 aromatic heterocycles. The SMILES string of the molecule is CC(C)C(N)C(=O)Cc1ccncc1Cl. The number of pyridine rings is 1. The molecular formula is C11H15ClN2O. The first-order valence-corrected chi connectivity index (χ1v) is 5.27. The highest BCUT2D eigenvalue weighted by atomic mass is 35.5. The summed E-state index contributed by atoms with van der Waals surface area (Å²) in [5, 5.41) is 0.516. The third-order valence-corrected chi connectivity index (χ3v) is 2.65. The largest absolute Gasteiger partial charge is 0.321 e. The van der Waals surface area contributed by atoms with Gasteiger partial charge in [0.1, 0.15) is 0 Å². The number of carbonyl (C=O) groups excluding carboxylic acids is 1. The average molecular weight is 227 g/mol. The van der Waals surface area contributed by atoms with Crippen molar-refractivity contribution in [2.45, 2.75) is 26.3 Å². The van der Waals surface area contributed by atoms with Crippen molar-refractivity contribution in [1.29, 1.82) is 0 Å². The van der Waals surface area contributed by atoms with Gasteiger partial charge in [-0.1, -0.05) is 25.4 Å². The van der Waals surface area contributed by atoms with Crippen LogP contribution in [0, 0.1) is 5.92 Å². The number of Topliss-reactive ketones (excluding diaryl/α,β-unsaturated/α-hetero) is 1. The lowest BCUT2D eigenvalue weighted by Gasteiger charge is -2.14. The van der Waals surface area contributed by atoms with E-state index in [4.69, 9.17) is 17.3 Å². The number of aromatic nitrogens is 1. The predicted octanol–water partition coefficient (Wildman–Crippen LogP) is 1.83. The smallest absolute Gasteiger partial charge is 0.154 e. The third-order valence-electron chi connectivity index (χ3n) is 2.31. The van der Waals surface area contributed by atoms with Crippen LogP contribution in [0.3, 0.4) is 0 Å². The van der Waals surface area contributed by atoms with Gasteiger partial charge in [-0.2, -0.15) is 0 Å². The topological polar surface area (TPSA) is 56.0 Å². The molecule has 0 aliphatic heterocycles. The summed E-state index contributed by atoms with van der Waals surface area (Å²) < 4.78 is 0. The molecule has 1 unspecified atom stereocenters. The van der Waals surface area contributed by atoms with Crippen LogP contribution in [0.5, 0.6) is 0 Å². The van der Waals surface area contributed by atoms with E-state index >= 15 is 0 Å². The number of halogens is 1. The number of carbonyl (C=O) groups is 1. The zero-order chi connectivity index (χ0) is 11.4. The number of nitrogens with two attached hydrogens (primary N) is 1. The standard InChI is InChI=1S/C11H15ClN2O/c1-7(2)11(13)10(15)5-8-3-4-14-6-9(8)12/h3-4,6-7,11H,5,13H2,1-2H3. The molecule has 15 heavy (non-hydrogen) atoms. The van der Waals surface area contributed by atoms with Crippen molar-refractivity contribution >= 4 is 17.4 Å². The van der Waals surface area contributed by atoms with Gasteiger partial charge in [-0.05, 0) is 17.5 Å². The van der Waals surface area contributed by atoms with Crippen LogP contribution in [-0.2, 0) is 11.2 Å². The van der Waals surface area contributed by atoms with Crippen molar-refractivity contribution in [3.8, 4) is 0 Å². The Morgan fingerprint density at radius 2 is 2.27 bits per heavy atom. The molecule has 0 aliphatic carbocycles. The van der Waals surface area contributed by atoms with Crippen molar-refractivity contribution in [3.63, 3.8) is 0 Å². The molecule has 4 heteroatoms. The maximum Gasteiger partial charge on any atom is 0.154 e. The summed E-state index contributed by atoms with van der Waals surface area (Å²) in [6, 6.07) is 1.32. The van der Waals surface area contributed by atoms with Crippen molar-refractivity contribution in [3.05, 3.63) is 29.0 Å². The molecule has 3 nitrogen and oxygen atoms in total. The first-order valence-electron chi connectivity index (χ1n) is 4.89. The van der Waals surface area contributed by atoms with Crippen LogP contribution in [0.15, 0.2) is 18.5 Å². The van der Waals surface area contributed by atoms with E-state index in [1.807, 2.05) is 13.8 Å². The van der Waals surface area contributed by atoms with E-state index in [0.717, 1.165) is 5.56 Å². The number of ketones is 1. The van der Waals surface area contributed by atoms with Gasteiger partial charge in [-0.15, -0.1) is 0 Å². The van der Waals surface area contributed by atoms with Crippen molar-refractivity contribution in [2.75, 3.05) is 0 Å². The number of rotatable bonds is 4. The van der Waals surface area contributed by atoms with Crippen molar-refractivity contribution in [2.24, 2.45) is 11.7 Å². The van der Waals surface area contributed by atoms with E-state index in [-0.39, 0.29) is 18.1 Å². The first-order chi connectivity index (χ1) is 7.02. The number of hydrogen-bond donors (Lipinski definition) is 1. The van der Waals surface area contributed by atoms with Crippen LogP contribution in [0.4, 0.5) is 0 Å². The fraction of sp³-hybridized carbons (Fsp3) is 0.455. The van der Waals surface area contributed by atoms with Crippen LogP contribution >= 0.6 is 11.6 Å². The Balaban J connectivity index is 2.71. The Bertz CT molecular complexity index is 352. The molecule has 1 aromatic rings.